The molecule has 0 saturated carbocycles. The first kappa shape index (κ1) is 24.0. The fraction of sp³-hybridized carbons (Fsp3) is 0.909. The minimum atomic E-state index is -5.17. The first-order valence-electron chi connectivity index (χ1n) is 6.16. The van der Waals surface area contributed by atoms with Crippen molar-refractivity contribution < 1.29 is 46.9 Å². The normalized spacial score (nSPS) is 10.1. The fourth-order valence-electron chi connectivity index (χ4n) is 1.41. The number of carbonyl (C=O) groups is 1. The molecular weight excluding hydrogens is 326 g/mol. The molecule has 0 heterocycles. The van der Waals surface area contributed by atoms with Crippen molar-refractivity contribution in [3.05, 3.63) is 0 Å². The van der Waals surface area contributed by atoms with Gasteiger partial charge in [0.05, 0.1) is 0 Å². The van der Waals surface area contributed by atoms with Gasteiger partial charge >= 0.3 is 25.4 Å². The van der Waals surface area contributed by atoms with Crippen LogP contribution in [0.1, 0.15) is 64.7 Å². The predicted molar refractivity (Wildman–Crippen MR) is 65.3 cm³/mol. The molecule has 0 aromatic carbocycles. The van der Waals surface area contributed by atoms with Gasteiger partial charge in [-0.05, 0) is 6.42 Å². The largest absolute Gasteiger partial charge is 2.00 e. The van der Waals surface area contributed by atoms with Gasteiger partial charge in [0.15, 0.2) is 0 Å². The molecule has 6 nitrogen and oxygen atoms in total. The molecule has 0 aliphatic rings. The molecule has 0 radical (unpaired) electrons. The molecule has 0 saturated heterocycles. The van der Waals surface area contributed by atoms with Gasteiger partial charge in [-0.1, -0.05) is 51.9 Å². The van der Waals surface area contributed by atoms with Gasteiger partial charge in [-0.2, -0.15) is 0 Å². The van der Waals surface area contributed by atoms with E-state index in [2.05, 4.69) is 6.92 Å². The number of rotatable bonds is 9. The maximum absolute atomic E-state index is 10.2. The van der Waals surface area contributed by atoms with Gasteiger partial charge in [0.25, 0.3) is 0 Å². The zero-order valence-corrected chi connectivity index (χ0v) is 15.3. The summed E-state index contributed by atoms with van der Waals surface area (Å²) < 4.78 is 34.1. The van der Waals surface area contributed by atoms with Crippen LogP contribution in [0.4, 0.5) is 0 Å². The summed E-state index contributed by atoms with van der Waals surface area (Å²) >= 11 is 0. The maximum Gasteiger partial charge on any atom is 2.00 e. The number of carboxylic acid groups (broad SMARTS) is 1. The summed E-state index contributed by atoms with van der Waals surface area (Å²) in [6.07, 6.45) is 10.1. The Morgan fingerprint density at radius 3 is 1.58 bits per heavy atom. The maximum atomic E-state index is 10.2. The van der Waals surface area contributed by atoms with Crippen LogP contribution in [0.3, 0.4) is 0 Å². The number of aliphatic carboxylic acids is 1. The predicted octanol–water partition coefficient (Wildman–Crippen LogP) is 2.26. The van der Waals surface area contributed by atoms with Crippen LogP contribution < -0.4 is 0 Å². The molecule has 1 N–H and O–H groups in total. The van der Waals surface area contributed by atoms with Gasteiger partial charge in [0.1, 0.15) is 0 Å². The van der Waals surface area contributed by atoms with Crippen molar-refractivity contribution in [1.82, 2.24) is 0 Å². The molecule has 0 unspecified atom stereocenters. The van der Waals surface area contributed by atoms with Crippen molar-refractivity contribution in [1.29, 1.82) is 0 Å². The van der Waals surface area contributed by atoms with E-state index in [0.29, 0.717) is 6.42 Å². The molecule has 0 rings (SSSR count). The van der Waals surface area contributed by atoms with Crippen molar-refractivity contribution in [2.75, 3.05) is 0 Å². The molecule has 19 heavy (non-hydrogen) atoms. The van der Waals surface area contributed by atoms with E-state index >= 15 is 0 Å². The summed E-state index contributed by atoms with van der Waals surface area (Å²) in [6.45, 7) is 2.22. The van der Waals surface area contributed by atoms with Crippen LogP contribution in [0.15, 0.2) is 0 Å². The van der Waals surface area contributed by atoms with E-state index < -0.39 is 16.4 Å². The quantitative estimate of drug-likeness (QED) is 0.296. The van der Waals surface area contributed by atoms with Crippen molar-refractivity contribution in [2.45, 2.75) is 64.7 Å². The van der Waals surface area contributed by atoms with Crippen molar-refractivity contribution in [3.63, 3.8) is 0 Å². The Labute approximate surface area is 128 Å². The van der Waals surface area contributed by atoms with Crippen LogP contribution in [-0.2, 0) is 34.7 Å². The van der Waals surface area contributed by atoms with E-state index in [9.17, 15) is 4.79 Å². The fourth-order valence-corrected chi connectivity index (χ4v) is 1.41. The minimum absolute atomic E-state index is 0. The summed E-state index contributed by atoms with van der Waals surface area (Å²) in [5.41, 5.74) is 0. The molecule has 0 amide bonds. The van der Waals surface area contributed by atoms with E-state index in [4.69, 9.17) is 22.6 Å². The average Bonchev–Trinajstić information content (AvgIpc) is 2.19. The van der Waals surface area contributed by atoms with E-state index in [-0.39, 0.29) is 19.5 Å². The molecule has 0 aromatic heterocycles. The SMILES string of the molecule is CCCCCCCCCCC(=O)O.O=S(=O)([O-])[O-].[Zn+2]. The Morgan fingerprint density at radius 2 is 1.26 bits per heavy atom. The molecule has 0 fully saturated rings. The molecular formula is C11H22O6SZn. The number of hydrogen-bond acceptors (Lipinski definition) is 5. The van der Waals surface area contributed by atoms with Gasteiger partial charge in [0.2, 0.25) is 0 Å². The van der Waals surface area contributed by atoms with Gasteiger partial charge in [-0.3, -0.25) is 13.2 Å². The average molecular weight is 348 g/mol. The minimum Gasteiger partial charge on any atom is -0.759 e. The van der Waals surface area contributed by atoms with Crippen molar-refractivity contribution in [2.24, 2.45) is 0 Å². The molecule has 0 aromatic rings. The first-order valence-corrected chi connectivity index (χ1v) is 7.49. The zero-order chi connectivity index (χ0) is 14.4. The van der Waals surface area contributed by atoms with E-state index in [0.717, 1.165) is 12.8 Å². The second kappa shape index (κ2) is 16.0. The standard InChI is InChI=1S/C11H22O2.H2O4S.Zn/c1-2-3-4-5-6-7-8-9-10-11(12)13;1-5(2,3)4;/h2-10H2,1H3,(H,12,13);(H2,1,2,3,4);/q;;+2/p-2. The number of unbranched alkanes of at least 4 members (excludes halogenated alkanes) is 7. The van der Waals surface area contributed by atoms with Crippen LogP contribution in [-0.4, -0.2) is 28.6 Å². The van der Waals surface area contributed by atoms with Crippen molar-refractivity contribution in [3.8, 4) is 0 Å². The monoisotopic (exact) mass is 346 g/mol. The summed E-state index contributed by atoms with van der Waals surface area (Å²) in [7, 11) is -5.17. The van der Waals surface area contributed by atoms with Gasteiger partial charge in [-0.15, -0.1) is 0 Å². The summed E-state index contributed by atoms with van der Waals surface area (Å²) in [6, 6.07) is 0. The second-order valence-corrected chi connectivity index (χ2v) is 4.84. The second-order valence-electron chi connectivity index (χ2n) is 4.03. The molecule has 0 aliphatic heterocycles. The van der Waals surface area contributed by atoms with Crippen LogP contribution in [0.25, 0.3) is 0 Å². The van der Waals surface area contributed by atoms with Crippen molar-refractivity contribution >= 4 is 16.4 Å². The summed E-state index contributed by atoms with van der Waals surface area (Å²) in [5.74, 6) is -0.661. The van der Waals surface area contributed by atoms with Gasteiger partial charge < -0.3 is 14.2 Å². The summed E-state index contributed by atoms with van der Waals surface area (Å²) in [4.78, 5) is 10.2. The van der Waals surface area contributed by atoms with Crippen LogP contribution in [0, 0.1) is 0 Å². The third-order valence-corrected chi connectivity index (χ3v) is 2.24. The Balaban J connectivity index is -0.000000366. The molecule has 110 valence electrons. The number of hydrogen-bond donors (Lipinski definition) is 1. The van der Waals surface area contributed by atoms with Gasteiger partial charge in [-0.25, -0.2) is 0 Å². The van der Waals surface area contributed by atoms with Crippen LogP contribution in [0.2, 0.25) is 0 Å². The molecule has 0 bridgehead atoms. The Kier molecular flexibility index (Phi) is 20.2. The first-order chi connectivity index (χ1) is 8.27. The van der Waals surface area contributed by atoms with E-state index in [1.807, 2.05) is 0 Å². The zero-order valence-electron chi connectivity index (χ0n) is 11.5. The van der Waals surface area contributed by atoms with Crippen LogP contribution in [0.5, 0.6) is 0 Å². The number of carboxylic acids is 1. The smallest absolute Gasteiger partial charge is 0.759 e. The van der Waals surface area contributed by atoms with Crippen LogP contribution >= 0.6 is 0 Å². The third-order valence-electron chi connectivity index (χ3n) is 2.24. The Bertz CT molecular complexity index is 284. The van der Waals surface area contributed by atoms with E-state index in [1.165, 1.54) is 38.5 Å². The Morgan fingerprint density at radius 1 is 0.947 bits per heavy atom. The third kappa shape index (κ3) is 46.1. The molecule has 8 heteroatoms. The summed E-state index contributed by atoms with van der Waals surface area (Å²) in [5, 5.41) is 8.39. The molecule has 0 atom stereocenters. The molecule has 0 spiro atoms. The topological polar surface area (TPSA) is 118 Å². The van der Waals surface area contributed by atoms with E-state index in [1.54, 1.807) is 0 Å². The van der Waals surface area contributed by atoms with Gasteiger partial charge in [0, 0.05) is 16.8 Å². The molecule has 0 aliphatic carbocycles. The Hall–Kier alpha value is -0.0366.